The van der Waals surface area contributed by atoms with Gasteiger partial charge in [-0.1, -0.05) is 35.5 Å². The molecule has 0 fully saturated rings. The molecule has 142 valence electrons. The second-order valence-corrected chi connectivity index (χ2v) is 9.58. The topological polar surface area (TPSA) is 93.9 Å². The quantitative estimate of drug-likeness (QED) is 0.443. The van der Waals surface area contributed by atoms with Crippen molar-refractivity contribution in [2.75, 3.05) is 12.0 Å². The largest absolute Gasteiger partial charge is 0.292 e. The van der Waals surface area contributed by atoms with Crippen molar-refractivity contribution < 1.29 is 13.2 Å². The van der Waals surface area contributed by atoms with Crippen LogP contribution in [0.3, 0.4) is 0 Å². The molecule has 0 spiro atoms. The van der Waals surface area contributed by atoms with Crippen LogP contribution in [-0.2, 0) is 16.6 Å². The van der Waals surface area contributed by atoms with Gasteiger partial charge >= 0.3 is 0 Å². The first-order valence-corrected chi connectivity index (χ1v) is 11.7. The number of aromatic nitrogens is 3. The van der Waals surface area contributed by atoms with Crippen molar-refractivity contribution in [3.8, 4) is 5.69 Å². The van der Waals surface area contributed by atoms with Crippen LogP contribution < -0.4 is 4.72 Å². The van der Waals surface area contributed by atoms with Gasteiger partial charge in [-0.05, 0) is 30.5 Å². The SMILES string of the molecule is Cc1ccc(-n2c(CNS(C)(=O)=O)nnc2SCC(=O)c2cccs2)cc1. The third kappa shape index (κ3) is 5.25. The van der Waals surface area contributed by atoms with Crippen LogP contribution in [0, 0.1) is 6.92 Å². The minimum Gasteiger partial charge on any atom is -0.292 e. The Morgan fingerprint density at radius 2 is 1.96 bits per heavy atom. The van der Waals surface area contributed by atoms with Crippen molar-refractivity contribution in [3.05, 3.63) is 58.0 Å². The molecule has 0 aliphatic carbocycles. The van der Waals surface area contributed by atoms with Crippen molar-refractivity contribution >= 4 is 38.9 Å². The highest BCUT2D eigenvalue weighted by atomic mass is 32.2. The molecule has 1 aromatic carbocycles. The Hall–Kier alpha value is -2.01. The van der Waals surface area contributed by atoms with E-state index in [9.17, 15) is 13.2 Å². The van der Waals surface area contributed by atoms with E-state index in [1.165, 1.54) is 23.1 Å². The lowest BCUT2D eigenvalue weighted by molar-refractivity contribution is 0.102. The number of benzene rings is 1. The predicted molar refractivity (Wildman–Crippen MR) is 107 cm³/mol. The summed E-state index contributed by atoms with van der Waals surface area (Å²) in [6.07, 6.45) is 1.09. The fourth-order valence-corrected chi connectivity index (χ4v) is 4.30. The summed E-state index contributed by atoms with van der Waals surface area (Å²) < 4.78 is 27.1. The third-order valence-electron chi connectivity index (χ3n) is 3.61. The van der Waals surface area contributed by atoms with E-state index in [-0.39, 0.29) is 18.1 Å². The van der Waals surface area contributed by atoms with Crippen molar-refractivity contribution in [3.63, 3.8) is 0 Å². The van der Waals surface area contributed by atoms with Crippen molar-refractivity contribution in [1.82, 2.24) is 19.5 Å². The lowest BCUT2D eigenvalue weighted by Gasteiger charge is -2.10. The number of thiophene rings is 1. The molecule has 0 atom stereocenters. The van der Waals surface area contributed by atoms with Crippen molar-refractivity contribution in [2.24, 2.45) is 0 Å². The van der Waals surface area contributed by atoms with E-state index < -0.39 is 10.0 Å². The van der Waals surface area contributed by atoms with Crippen LogP contribution in [0.5, 0.6) is 0 Å². The highest BCUT2D eigenvalue weighted by Crippen LogP contribution is 2.24. The predicted octanol–water partition coefficient (Wildman–Crippen LogP) is 2.66. The van der Waals surface area contributed by atoms with Gasteiger partial charge in [0.1, 0.15) is 0 Å². The van der Waals surface area contributed by atoms with E-state index in [2.05, 4.69) is 14.9 Å². The number of nitrogens with zero attached hydrogens (tertiary/aromatic N) is 3. The zero-order valence-corrected chi connectivity index (χ0v) is 17.2. The van der Waals surface area contributed by atoms with Crippen molar-refractivity contribution in [1.29, 1.82) is 0 Å². The molecule has 0 aliphatic rings. The third-order valence-corrected chi connectivity index (χ3v) is 6.12. The zero-order chi connectivity index (χ0) is 19.4. The molecule has 0 bridgehead atoms. The van der Waals surface area contributed by atoms with Gasteiger partial charge in [0.05, 0.1) is 23.4 Å². The van der Waals surface area contributed by atoms with Gasteiger partial charge in [-0.15, -0.1) is 21.5 Å². The molecule has 7 nitrogen and oxygen atoms in total. The van der Waals surface area contributed by atoms with Gasteiger partial charge in [0, 0.05) is 5.69 Å². The van der Waals surface area contributed by atoms with Gasteiger partial charge in [0.2, 0.25) is 10.0 Å². The van der Waals surface area contributed by atoms with E-state index in [1.807, 2.05) is 42.6 Å². The Morgan fingerprint density at radius 1 is 1.22 bits per heavy atom. The van der Waals surface area contributed by atoms with Gasteiger partial charge < -0.3 is 0 Å². The van der Waals surface area contributed by atoms with Gasteiger partial charge in [0.15, 0.2) is 16.8 Å². The first-order valence-electron chi connectivity index (χ1n) is 7.99. The molecule has 0 unspecified atom stereocenters. The Bertz CT molecular complexity index is 1030. The van der Waals surface area contributed by atoms with Gasteiger partial charge in [-0.25, -0.2) is 13.1 Å². The summed E-state index contributed by atoms with van der Waals surface area (Å²) in [4.78, 5) is 13.0. The lowest BCUT2D eigenvalue weighted by Crippen LogP contribution is -2.23. The smallest absolute Gasteiger partial charge is 0.209 e. The van der Waals surface area contributed by atoms with Crippen LogP contribution in [0.2, 0.25) is 0 Å². The molecule has 1 N–H and O–H groups in total. The fraction of sp³-hybridized carbons (Fsp3) is 0.235. The Balaban J connectivity index is 1.87. The summed E-state index contributed by atoms with van der Waals surface area (Å²) in [6.45, 7) is 2.00. The van der Waals surface area contributed by atoms with Gasteiger partial charge in [0.25, 0.3) is 0 Å². The number of carbonyl (C=O) groups excluding carboxylic acids is 1. The molecular formula is C17H18N4O3S3. The van der Waals surface area contributed by atoms with Crippen LogP contribution in [0.25, 0.3) is 5.69 Å². The molecule has 27 heavy (non-hydrogen) atoms. The molecule has 0 saturated carbocycles. The minimum atomic E-state index is -3.36. The first kappa shape index (κ1) is 19.7. The van der Waals surface area contributed by atoms with E-state index in [1.54, 1.807) is 10.6 Å². The summed E-state index contributed by atoms with van der Waals surface area (Å²) in [6, 6.07) is 11.4. The minimum absolute atomic E-state index is 0.0130. The average Bonchev–Trinajstić information content (AvgIpc) is 3.28. The van der Waals surface area contributed by atoms with Crippen molar-refractivity contribution in [2.45, 2.75) is 18.6 Å². The normalized spacial score (nSPS) is 11.6. The zero-order valence-electron chi connectivity index (χ0n) is 14.7. The number of sulfonamides is 1. The highest BCUT2D eigenvalue weighted by Gasteiger charge is 2.17. The number of hydrogen-bond acceptors (Lipinski definition) is 7. The number of nitrogens with one attached hydrogen (secondary N) is 1. The summed E-state index contributed by atoms with van der Waals surface area (Å²) in [5.74, 6) is 0.698. The fourth-order valence-electron chi connectivity index (χ4n) is 2.30. The standard InChI is InChI=1S/C17H18N4O3S3/c1-12-5-7-13(8-6-12)21-16(10-18-27(2,23)24)19-20-17(21)26-11-14(22)15-4-3-9-25-15/h3-9,18H,10-11H2,1-2H3. The number of hydrogen-bond donors (Lipinski definition) is 1. The monoisotopic (exact) mass is 422 g/mol. The second-order valence-electron chi connectivity index (χ2n) is 5.85. The molecule has 0 saturated heterocycles. The second kappa shape index (κ2) is 8.34. The maximum Gasteiger partial charge on any atom is 0.209 e. The highest BCUT2D eigenvalue weighted by molar-refractivity contribution is 7.99. The molecule has 2 heterocycles. The van der Waals surface area contributed by atoms with Crippen LogP contribution >= 0.6 is 23.1 Å². The summed E-state index contributed by atoms with van der Waals surface area (Å²) in [7, 11) is -3.36. The van der Waals surface area contributed by atoms with Gasteiger partial charge in [-0.3, -0.25) is 9.36 Å². The van der Waals surface area contributed by atoms with E-state index >= 15 is 0 Å². The average molecular weight is 423 g/mol. The Labute approximate surface area is 165 Å². The molecular weight excluding hydrogens is 404 g/mol. The number of rotatable bonds is 8. The van der Waals surface area contributed by atoms with Crippen LogP contribution in [0.15, 0.2) is 46.9 Å². The van der Waals surface area contributed by atoms with Gasteiger partial charge in [-0.2, -0.15) is 0 Å². The number of carbonyl (C=O) groups is 1. The van der Waals surface area contributed by atoms with Crippen LogP contribution in [0.4, 0.5) is 0 Å². The van der Waals surface area contributed by atoms with E-state index in [0.29, 0.717) is 15.9 Å². The first-order chi connectivity index (χ1) is 12.8. The maximum atomic E-state index is 12.3. The van der Waals surface area contributed by atoms with Crippen LogP contribution in [0.1, 0.15) is 21.1 Å². The molecule has 3 rings (SSSR count). The number of aryl methyl sites for hydroxylation is 1. The number of thioether (sulfide) groups is 1. The number of ketones is 1. The molecule has 2 aromatic heterocycles. The van der Waals surface area contributed by atoms with E-state index in [4.69, 9.17) is 0 Å². The molecule has 0 aliphatic heterocycles. The molecule has 10 heteroatoms. The summed E-state index contributed by atoms with van der Waals surface area (Å²) in [5, 5.41) is 10.7. The summed E-state index contributed by atoms with van der Waals surface area (Å²) >= 11 is 2.68. The Kier molecular flexibility index (Phi) is 6.10. The molecule has 0 radical (unpaired) electrons. The number of Topliss-reactive ketones (excluding diaryl/α,β-unsaturated/α-hetero) is 1. The van der Waals surface area contributed by atoms with Crippen LogP contribution in [-0.4, -0.2) is 41.0 Å². The molecule has 3 aromatic rings. The Morgan fingerprint density at radius 3 is 2.59 bits per heavy atom. The summed E-state index contributed by atoms with van der Waals surface area (Å²) in [5.41, 5.74) is 1.91. The molecule has 0 amide bonds. The maximum absolute atomic E-state index is 12.3. The van der Waals surface area contributed by atoms with E-state index in [0.717, 1.165) is 17.5 Å². The lowest BCUT2D eigenvalue weighted by atomic mass is 10.2.